The summed E-state index contributed by atoms with van der Waals surface area (Å²) in [5.41, 5.74) is 9.72. The van der Waals surface area contributed by atoms with E-state index in [1.165, 1.54) is 0 Å². The first-order chi connectivity index (χ1) is 9.74. The van der Waals surface area contributed by atoms with Gasteiger partial charge in [-0.25, -0.2) is 4.98 Å². The first-order valence-corrected chi connectivity index (χ1v) is 6.63. The molecule has 0 spiro atoms. The van der Waals surface area contributed by atoms with Crippen molar-refractivity contribution in [1.29, 1.82) is 0 Å². The number of aromatic nitrogens is 2. The molecule has 102 valence electrons. The summed E-state index contributed by atoms with van der Waals surface area (Å²) in [4.78, 5) is 4.71. The minimum absolute atomic E-state index is 0.712. The molecule has 1 aromatic heterocycles. The van der Waals surface area contributed by atoms with E-state index in [1.54, 1.807) is 7.11 Å². The molecule has 0 saturated heterocycles. The Morgan fingerprint density at radius 1 is 1.15 bits per heavy atom. The van der Waals surface area contributed by atoms with Crippen LogP contribution in [0.1, 0.15) is 6.92 Å². The molecule has 4 nitrogen and oxygen atoms in total. The number of fused-ring (bicyclic) bond motifs is 1. The monoisotopic (exact) mass is 267 g/mol. The molecule has 0 aliphatic rings. The zero-order valence-corrected chi connectivity index (χ0v) is 11.6. The van der Waals surface area contributed by atoms with Gasteiger partial charge in [-0.2, -0.15) is 0 Å². The molecule has 0 fully saturated rings. The van der Waals surface area contributed by atoms with E-state index in [9.17, 15) is 0 Å². The summed E-state index contributed by atoms with van der Waals surface area (Å²) in [6, 6.07) is 13.8. The lowest BCUT2D eigenvalue weighted by Gasteiger charge is -2.07. The number of rotatable bonds is 3. The Balaban J connectivity index is 2.21. The van der Waals surface area contributed by atoms with Crippen LogP contribution in [0.2, 0.25) is 0 Å². The fraction of sp³-hybridized carbons (Fsp3) is 0.188. The molecule has 2 N–H and O–H groups in total. The van der Waals surface area contributed by atoms with Crippen LogP contribution in [0.5, 0.6) is 5.75 Å². The van der Waals surface area contributed by atoms with Crippen molar-refractivity contribution in [2.45, 2.75) is 13.5 Å². The first-order valence-electron chi connectivity index (χ1n) is 6.63. The third-order valence-electron chi connectivity index (χ3n) is 3.47. The Hall–Kier alpha value is -2.49. The van der Waals surface area contributed by atoms with Gasteiger partial charge in [-0.15, -0.1) is 0 Å². The van der Waals surface area contributed by atoms with Crippen molar-refractivity contribution < 1.29 is 4.74 Å². The molecule has 1 heterocycles. The van der Waals surface area contributed by atoms with Gasteiger partial charge < -0.3 is 15.0 Å². The van der Waals surface area contributed by atoms with Crippen LogP contribution in [0.25, 0.3) is 22.4 Å². The van der Waals surface area contributed by atoms with Gasteiger partial charge in [0.15, 0.2) is 0 Å². The van der Waals surface area contributed by atoms with Gasteiger partial charge in [-0.05, 0) is 43.3 Å². The fourth-order valence-electron chi connectivity index (χ4n) is 2.45. The summed E-state index contributed by atoms with van der Waals surface area (Å²) in [5, 5.41) is 0. The van der Waals surface area contributed by atoms with Crippen LogP contribution in [-0.4, -0.2) is 16.7 Å². The minimum atomic E-state index is 0.712. The Labute approximate surface area is 117 Å². The average Bonchev–Trinajstić information content (AvgIpc) is 2.87. The molecule has 20 heavy (non-hydrogen) atoms. The molecule has 0 unspecified atom stereocenters. The molecule has 4 heteroatoms. The highest BCUT2D eigenvalue weighted by molar-refractivity contribution is 5.90. The number of nitrogens with two attached hydrogens (primary N) is 1. The number of anilines is 1. The van der Waals surface area contributed by atoms with Gasteiger partial charge in [0.1, 0.15) is 17.1 Å². The van der Waals surface area contributed by atoms with Crippen molar-refractivity contribution in [1.82, 2.24) is 9.55 Å². The number of para-hydroxylation sites is 1. The molecule has 0 aliphatic heterocycles. The smallest absolute Gasteiger partial charge is 0.141 e. The highest BCUT2D eigenvalue weighted by Gasteiger charge is 2.12. The van der Waals surface area contributed by atoms with Crippen LogP contribution < -0.4 is 10.5 Å². The van der Waals surface area contributed by atoms with Gasteiger partial charge in [-0.3, -0.25) is 0 Å². The number of methoxy groups -OCH3 is 1. The minimum Gasteiger partial charge on any atom is -0.497 e. The zero-order valence-electron chi connectivity index (χ0n) is 11.6. The Kier molecular flexibility index (Phi) is 3.06. The fourth-order valence-corrected chi connectivity index (χ4v) is 2.45. The van der Waals surface area contributed by atoms with E-state index in [1.807, 2.05) is 36.4 Å². The Bertz CT molecular complexity index is 744. The molecule has 3 aromatic rings. The second kappa shape index (κ2) is 4.89. The van der Waals surface area contributed by atoms with Crippen LogP contribution in [0.15, 0.2) is 42.5 Å². The average molecular weight is 267 g/mol. The van der Waals surface area contributed by atoms with Gasteiger partial charge in [0, 0.05) is 12.1 Å². The lowest BCUT2D eigenvalue weighted by Crippen LogP contribution is -1.97. The highest BCUT2D eigenvalue weighted by atomic mass is 16.5. The van der Waals surface area contributed by atoms with Crippen molar-refractivity contribution in [2.75, 3.05) is 12.8 Å². The SMILES string of the molecule is CCn1c(-c2ccc(OC)cc2)nc2c(N)cccc21. The lowest BCUT2D eigenvalue weighted by atomic mass is 10.2. The summed E-state index contributed by atoms with van der Waals surface area (Å²) < 4.78 is 7.37. The van der Waals surface area contributed by atoms with Crippen molar-refractivity contribution in [3.05, 3.63) is 42.5 Å². The normalized spacial score (nSPS) is 10.9. The van der Waals surface area contributed by atoms with Crippen molar-refractivity contribution in [3.8, 4) is 17.1 Å². The summed E-state index contributed by atoms with van der Waals surface area (Å²) >= 11 is 0. The lowest BCUT2D eigenvalue weighted by molar-refractivity contribution is 0.415. The number of ether oxygens (including phenoxy) is 1. The molecule has 0 saturated carbocycles. The van der Waals surface area contributed by atoms with E-state index in [2.05, 4.69) is 17.6 Å². The summed E-state index contributed by atoms with van der Waals surface area (Å²) in [6.45, 7) is 2.96. The van der Waals surface area contributed by atoms with Crippen molar-refractivity contribution in [2.24, 2.45) is 0 Å². The van der Waals surface area contributed by atoms with Crippen LogP contribution in [-0.2, 0) is 6.54 Å². The molecular weight excluding hydrogens is 250 g/mol. The van der Waals surface area contributed by atoms with Gasteiger partial charge in [0.05, 0.1) is 18.3 Å². The maximum absolute atomic E-state index is 6.02. The summed E-state index contributed by atoms with van der Waals surface area (Å²) in [6.07, 6.45) is 0. The number of benzene rings is 2. The first kappa shape index (κ1) is 12.5. The predicted molar refractivity (Wildman–Crippen MR) is 81.8 cm³/mol. The van der Waals surface area contributed by atoms with E-state index in [0.717, 1.165) is 34.7 Å². The van der Waals surface area contributed by atoms with Gasteiger partial charge >= 0.3 is 0 Å². The second-order valence-corrected chi connectivity index (χ2v) is 4.62. The maximum Gasteiger partial charge on any atom is 0.141 e. The number of nitrogen functional groups attached to an aromatic ring is 1. The predicted octanol–water partition coefficient (Wildman–Crippen LogP) is 3.31. The van der Waals surface area contributed by atoms with E-state index in [4.69, 9.17) is 15.5 Å². The number of imidazole rings is 1. The molecule has 0 amide bonds. The zero-order chi connectivity index (χ0) is 14.1. The van der Waals surface area contributed by atoms with Crippen LogP contribution in [0.4, 0.5) is 5.69 Å². The van der Waals surface area contributed by atoms with E-state index in [0.29, 0.717) is 5.69 Å². The Morgan fingerprint density at radius 3 is 2.55 bits per heavy atom. The summed E-state index contributed by atoms with van der Waals surface area (Å²) in [5.74, 6) is 1.77. The molecule has 2 aromatic carbocycles. The number of hydrogen-bond donors (Lipinski definition) is 1. The quantitative estimate of drug-likeness (QED) is 0.741. The topological polar surface area (TPSA) is 53.1 Å². The van der Waals surface area contributed by atoms with Crippen LogP contribution in [0, 0.1) is 0 Å². The molecule has 0 bridgehead atoms. The molecule has 0 aliphatic carbocycles. The summed E-state index contributed by atoms with van der Waals surface area (Å²) in [7, 11) is 1.66. The van der Waals surface area contributed by atoms with E-state index in [-0.39, 0.29) is 0 Å². The number of nitrogens with zero attached hydrogens (tertiary/aromatic N) is 2. The van der Waals surface area contributed by atoms with Crippen molar-refractivity contribution >= 4 is 16.7 Å². The Morgan fingerprint density at radius 2 is 1.90 bits per heavy atom. The number of hydrogen-bond acceptors (Lipinski definition) is 3. The van der Waals surface area contributed by atoms with Gasteiger partial charge in [0.2, 0.25) is 0 Å². The standard InChI is InChI=1S/C16H17N3O/c1-3-19-14-6-4-5-13(17)15(14)18-16(19)11-7-9-12(20-2)10-8-11/h4-10H,3,17H2,1-2H3. The van der Waals surface area contributed by atoms with Crippen LogP contribution in [0.3, 0.4) is 0 Å². The van der Waals surface area contributed by atoms with E-state index >= 15 is 0 Å². The largest absolute Gasteiger partial charge is 0.497 e. The third-order valence-corrected chi connectivity index (χ3v) is 3.47. The second-order valence-electron chi connectivity index (χ2n) is 4.62. The third kappa shape index (κ3) is 1.90. The van der Waals surface area contributed by atoms with Gasteiger partial charge in [-0.1, -0.05) is 6.07 Å². The van der Waals surface area contributed by atoms with Gasteiger partial charge in [0.25, 0.3) is 0 Å². The molecule has 3 rings (SSSR count). The van der Waals surface area contributed by atoms with Crippen LogP contribution >= 0.6 is 0 Å². The highest BCUT2D eigenvalue weighted by Crippen LogP contribution is 2.28. The molecular formula is C16H17N3O. The molecule has 0 atom stereocenters. The van der Waals surface area contributed by atoms with E-state index < -0.39 is 0 Å². The maximum atomic E-state index is 6.02. The van der Waals surface area contributed by atoms with Crippen molar-refractivity contribution in [3.63, 3.8) is 0 Å². The molecule has 0 radical (unpaired) electrons. The number of aryl methyl sites for hydroxylation is 1.